The zero-order chi connectivity index (χ0) is 14.9. The van der Waals surface area contributed by atoms with Gasteiger partial charge in [0.1, 0.15) is 5.75 Å². The van der Waals surface area contributed by atoms with Crippen molar-refractivity contribution in [2.75, 3.05) is 0 Å². The van der Waals surface area contributed by atoms with Crippen LogP contribution in [0.1, 0.15) is 22.3 Å². The van der Waals surface area contributed by atoms with Gasteiger partial charge in [-0.3, -0.25) is 0 Å². The van der Waals surface area contributed by atoms with E-state index < -0.39 is 0 Å². The molecular weight excluding hydrogens is 276 g/mol. The number of aromatic nitrogens is 2. The number of nitrogens with zero attached hydrogens (tertiary/aromatic N) is 2. The molecular formula is C15H15ClN2O2. The van der Waals surface area contributed by atoms with Gasteiger partial charge in [0.2, 0.25) is 0 Å². The number of hydrogen-bond acceptors (Lipinski definition) is 3. The first-order valence-electron chi connectivity index (χ1n) is 6.11. The molecule has 0 aliphatic heterocycles. The molecule has 0 bridgehead atoms. The molecule has 0 N–H and O–H groups in total. The van der Waals surface area contributed by atoms with Crippen molar-refractivity contribution in [3.8, 4) is 11.6 Å². The molecule has 0 fully saturated rings. The Balaban J connectivity index is 2.52. The van der Waals surface area contributed by atoms with Crippen LogP contribution in [0.15, 0.2) is 24.8 Å². The maximum absolute atomic E-state index is 11.4. The number of benzene rings is 1. The Hall–Kier alpha value is -2.07. The Kier molecular flexibility index (Phi) is 3.95. The largest absolute Gasteiger partial charge is 0.593 e. The molecule has 5 heteroatoms. The average Bonchev–Trinajstić information content (AvgIpc) is 2.40. The second-order valence-corrected chi connectivity index (χ2v) is 4.94. The molecule has 2 aromatic rings. The van der Waals surface area contributed by atoms with E-state index in [1.165, 1.54) is 6.07 Å². The summed E-state index contributed by atoms with van der Waals surface area (Å²) in [7, 11) is 0. The van der Waals surface area contributed by atoms with Crippen LogP contribution in [-0.4, -0.2) is 5.10 Å². The van der Waals surface area contributed by atoms with Crippen molar-refractivity contribution in [1.29, 1.82) is 0 Å². The van der Waals surface area contributed by atoms with Crippen LogP contribution in [0.25, 0.3) is 6.08 Å². The zero-order valence-electron chi connectivity index (χ0n) is 11.6. The van der Waals surface area contributed by atoms with Gasteiger partial charge in [-0.1, -0.05) is 18.7 Å². The van der Waals surface area contributed by atoms with Crippen LogP contribution in [0, 0.1) is 26.0 Å². The molecule has 0 aliphatic carbocycles. The molecule has 0 amide bonds. The van der Waals surface area contributed by atoms with Crippen molar-refractivity contribution >= 4 is 17.7 Å². The van der Waals surface area contributed by atoms with Crippen molar-refractivity contribution in [2.45, 2.75) is 20.8 Å². The van der Waals surface area contributed by atoms with Crippen LogP contribution in [0.4, 0.5) is 0 Å². The molecule has 104 valence electrons. The van der Waals surface area contributed by atoms with Gasteiger partial charge in [0, 0.05) is 17.7 Å². The van der Waals surface area contributed by atoms with E-state index in [4.69, 9.17) is 16.3 Å². The van der Waals surface area contributed by atoms with Gasteiger partial charge in [-0.2, -0.15) is 0 Å². The van der Waals surface area contributed by atoms with Crippen molar-refractivity contribution in [3.05, 3.63) is 57.4 Å². The highest BCUT2D eigenvalue weighted by atomic mass is 35.5. The van der Waals surface area contributed by atoms with Gasteiger partial charge >= 0.3 is 5.15 Å². The van der Waals surface area contributed by atoms with Crippen molar-refractivity contribution in [1.82, 2.24) is 5.10 Å². The van der Waals surface area contributed by atoms with Gasteiger partial charge in [0.05, 0.1) is 5.10 Å². The first-order chi connectivity index (χ1) is 9.43. The number of aryl methyl sites for hydroxylation is 2. The normalized spacial score (nSPS) is 10.4. The predicted molar refractivity (Wildman–Crippen MR) is 79.0 cm³/mol. The molecule has 1 aromatic heterocycles. The topological polar surface area (TPSA) is 49.1 Å². The van der Waals surface area contributed by atoms with Gasteiger partial charge in [-0.25, -0.2) is 0 Å². The van der Waals surface area contributed by atoms with E-state index in [1.807, 2.05) is 20.8 Å². The second kappa shape index (κ2) is 5.51. The van der Waals surface area contributed by atoms with E-state index in [9.17, 15) is 5.21 Å². The third-order valence-corrected chi connectivity index (χ3v) is 3.45. The van der Waals surface area contributed by atoms with Crippen LogP contribution in [0.3, 0.4) is 0 Å². The first-order valence-corrected chi connectivity index (χ1v) is 6.49. The summed E-state index contributed by atoms with van der Waals surface area (Å²) in [5.74, 6) is 0.855. The molecule has 4 nitrogen and oxygen atoms in total. The molecule has 0 radical (unpaired) electrons. The average molecular weight is 291 g/mol. The summed E-state index contributed by atoms with van der Waals surface area (Å²) in [4.78, 5) is 0.322. The molecule has 0 unspecified atom stereocenters. The standard InChI is InChI=1S/C15H15ClN2O2/c1-5-12-10(3)8-9(2)11(4)15(12)20-14-7-6-13(16)18(19)17-14/h5-8H,1H2,2-4H3. The number of ether oxygens (including phenoxy) is 1. The van der Waals surface area contributed by atoms with Crippen molar-refractivity contribution in [2.24, 2.45) is 0 Å². The van der Waals surface area contributed by atoms with Crippen molar-refractivity contribution < 1.29 is 9.58 Å². The molecule has 1 aromatic carbocycles. The molecule has 0 saturated heterocycles. The first kappa shape index (κ1) is 14.3. The van der Waals surface area contributed by atoms with E-state index in [0.29, 0.717) is 10.6 Å². The predicted octanol–water partition coefficient (Wildman–Crippen LogP) is 3.73. The number of rotatable bonds is 3. The fourth-order valence-corrected chi connectivity index (χ4v) is 2.09. The molecule has 20 heavy (non-hydrogen) atoms. The van der Waals surface area contributed by atoms with Crippen LogP contribution < -0.4 is 9.58 Å². The zero-order valence-corrected chi connectivity index (χ0v) is 12.4. The fraction of sp³-hybridized carbons (Fsp3) is 0.200. The SMILES string of the molecule is C=Cc1c(C)cc(C)c(C)c1Oc1ccc(Cl)[n+]([O-])n1. The van der Waals surface area contributed by atoms with Gasteiger partial charge in [-0.15, -0.1) is 0 Å². The lowest BCUT2D eigenvalue weighted by molar-refractivity contribution is -0.667. The Bertz CT molecular complexity index is 684. The van der Waals surface area contributed by atoms with Crippen LogP contribution in [0.2, 0.25) is 5.15 Å². The highest BCUT2D eigenvalue weighted by Crippen LogP contribution is 2.33. The van der Waals surface area contributed by atoms with Gasteiger partial charge < -0.3 is 9.94 Å². The van der Waals surface area contributed by atoms with E-state index in [0.717, 1.165) is 22.3 Å². The Morgan fingerprint density at radius 3 is 2.60 bits per heavy atom. The lowest BCUT2D eigenvalue weighted by atomic mass is 9.99. The highest BCUT2D eigenvalue weighted by Gasteiger charge is 2.14. The summed E-state index contributed by atoms with van der Waals surface area (Å²) >= 11 is 5.64. The lowest BCUT2D eigenvalue weighted by Gasteiger charge is -2.15. The van der Waals surface area contributed by atoms with Crippen LogP contribution in [0.5, 0.6) is 11.6 Å². The molecule has 0 atom stereocenters. The molecule has 0 spiro atoms. The number of hydrogen-bond donors (Lipinski definition) is 0. The molecule has 2 rings (SSSR count). The smallest absolute Gasteiger partial charge is 0.313 e. The van der Waals surface area contributed by atoms with Crippen molar-refractivity contribution in [3.63, 3.8) is 0 Å². The molecule has 0 saturated carbocycles. The Labute approximate surface area is 122 Å². The summed E-state index contributed by atoms with van der Waals surface area (Å²) in [6.07, 6.45) is 1.73. The third-order valence-electron chi connectivity index (χ3n) is 3.18. The van der Waals surface area contributed by atoms with E-state index in [-0.39, 0.29) is 11.0 Å². The van der Waals surface area contributed by atoms with E-state index in [2.05, 4.69) is 17.7 Å². The minimum Gasteiger partial charge on any atom is -0.593 e. The van der Waals surface area contributed by atoms with E-state index >= 15 is 0 Å². The maximum atomic E-state index is 11.4. The van der Waals surface area contributed by atoms with E-state index in [1.54, 1.807) is 12.1 Å². The fourth-order valence-electron chi connectivity index (χ4n) is 1.99. The van der Waals surface area contributed by atoms with Crippen LogP contribution >= 0.6 is 11.6 Å². The summed E-state index contributed by atoms with van der Waals surface area (Å²) in [6, 6.07) is 5.07. The van der Waals surface area contributed by atoms with Gasteiger partial charge in [0.15, 0.2) is 0 Å². The highest BCUT2D eigenvalue weighted by molar-refractivity contribution is 6.28. The summed E-state index contributed by atoms with van der Waals surface area (Å²) in [5.41, 5.74) is 4.04. The summed E-state index contributed by atoms with van der Waals surface area (Å²) in [5, 5.41) is 15.1. The maximum Gasteiger partial charge on any atom is 0.313 e. The monoisotopic (exact) mass is 290 g/mol. The number of halogens is 1. The summed E-state index contributed by atoms with van der Waals surface area (Å²) < 4.78 is 5.77. The molecule has 0 aliphatic rings. The Morgan fingerprint density at radius 1 is 1.30 bits per heavy atom. The van der Waals surface area contributed by atoms with Gasteiger partial charge in [0.25, 0.3) is 5.88 Å². The minimum absolute atomic E-state index is 0.00145. The third kappa shape index (κ3) is 2.60. The Morgan fingerprint density at radius 2 is 2.00 bits per heavy atom. The summed E-state index contributed by atoms with van der Waals surface area (Å²) in [6.45, 7) is 9.76. The quantitative estimate of drug-likeness (QED) is 0.639. The van der Waals surface area contributed by atoms with Gasteiger partial charge in [-0.05, 0) is 53.9 Å². The minimum atomic E-state index is -0.00145. The molecule has 1 heterocycles. The lowest BCUT2D eigenvalue weighted by Crippen LogP contribution is -2.32. The van der Waals surface area contributed by atoms with Crippen LogP contribution in [-0.2, 0) is 0 Å². The second-order valence-electron chi connectivity index (χ2n) is 4.55.